The zero-order valence-electron chi connectivity index (χ0n) is 19.5. The van der Waals surface area contributed by atoms with Crippen LogP contribution >= 0.6 is 0 Å². The van der Waals surface area contributed by atoms with Crippen molar-refractivity contribution in [2.45, 2.75) is 123 Å². The maximum atomic E-state index is 10.8. The summed E-state index contributed by atoms with van der Waals surface area (Å²) >= 11 is 0. The summed E-state index contributed by atoms with van der Waals surface area (Å²) < 4.78 is 0. The number of allylic oxidation sites excluding steroid dienone is 1. The van der Waals surface area contributed by atoms with Gasteiger partial charge >= 0.3 is 0 Å². The van der Waals surface area contributed by atoms with Gasteiger partial charge in [0.2, 0.25) is 0 Å². The zero-order valence-corrected chi connectivity index (χ0v) is 19.5. The van der Waals surface area contributed by atoms with Crippen molar-refractivity contribution in [3.8, 4) is 0 Å². The molecule has 0 amide bonds. The molecule has 1 saturated carbocycles. The first-order valence-electron chi connectivity index (χ1n) is 12.5. The highest BCUT2D eigenvalue weighted by atomic mass is 16.3. The molecule has 0 aromatic rings. The second kappa shape index (κ2) is 12.5. The fourth-order valence-electron chi connectivity index (χ4n) is 5.30. The Morgan fingerprint density at radius 2 is 1.69 bits per heavy atom. The molecule has 2 rings (SSSR count). The van der Waals surface area contributed by atoms with Gasteiger partial charge in [0.1, 0.15) is 0 Å². The fraction of sp³-hybridized carbons (Fsp3) is 0.923. The molecule has 0 saturated heterocycles. The van der Waals surface area contributed by atoms with Gasteiger partial charge in [-0.15, -0.1) is 0 Å². The Morgan fingerprint density at radius 1 is 1.00 bits per heavy atom. The normalized spacial score (nSPS) is 29.9. The number of aliphatic hydroxyl groups excluding tert-OH is 3. The van der Waals surface area contributed by atoms with Gasteiger partial charge in [0, 0.05) is 0 Å². The van der Waals surface area contributed by atoms with Gasteiger partial charge in [0.15, 0.2) is 0 Å². The van der Waals surface area contributed by atoms with E-state index in [-0.39, 0.29) is 18.3 Å². The summed E-state index contributed by atoms with van der Waals surface area (Å²) in [6, 6.07) is 0. The lowest BCUT2D eigenvalue weighted by atomic mass is 9.79. The largest absolute Gasteiger partial charge is 0.393 e. The number of hydrogen-bond donors (Lipinski definition) is 3. The first kappa shape index (κ1) is 24.9. The van der Waals surface area contributed by atoms with Crippen LogP contribution in [0.15, 0.2) is 11.6 Å². The van der Waals surface area contributed by atoms with Crippen LogP contribution in [0.1, 0.15) is 105 Å². The van der Waals surface area contributed by atoms with E-state index in [0.29, 0.717) is 23.7 Å². The molecule has 0 aromatic carbocycles. The highest BCUT2D eigenvalue weighted by molar-refractivity contribution is 5.11. The third-order valence-electron chi connectivity index (χ3n) is 7.89. The van der Waals surface area contributed by atoms with Crippen LogP contribution in [-0.2, 0) is 0 Å². The molecular weight excluding hydrogens is 360 g/mol. The molecule has 3 N–H and O–H groups in total. The Hall–Kier alpha value is -0.380. The van der Waals surface area contributed by atoms with Gasteiger partial charge in [0.25, 0.3) is 0 Å². The van der Waals surface area contributed by atoms with Crippen molar-refractivity contribution in [3.63, 3.8) is 0 Å². The van der Waals surface area contributed by atoms with Crippen molar-refractivity contribution in [2.24, 2.45) is 29.6 Å². The van der Waals surface area contributed by atoms with Crippen molar-refractivity contribution in [1.82, 2.24) is 0 Å². The summed E-state index contributed by atoms with van der Waals surface area (Å²) in [5.41, 5.74) is 1.27. The molecule has 170 valence electrons. The van der Waals surface area contributed by atoms with E-state index < -0.39 is 0 Å². The first-order valence-corrected chi connectivity index (χ1v) is 12.5. The lowest BCUT2D eigenvalue weighted by Gasteiger charge is -2.30. The van der Waals surface area contributed by atoms with Crippen LogP contribution in [0.2, 0.25) is 0 Å². The monoisotopic (exact) mass is 408 g/mol. The van der Waals surface area contributed by atoms with E-state index in [0.717, 1.165) is 76.5 Å². The van der Waals surface area contributed by atoms with E-state index in [4.69, 9.17) is 0 Å². The second-order valence-electron chi connectivity index (χ2n) is 10.8. The van der Waals surface area contributed by atoms with Gasteiger partial charge in [-0.2, -0.15) is 0 Å². The van der Waals surface area contributed by atoms with Crippen LogP contribution in [0.4, 0.5) is 0 Å². The molecule has 0 radical (unpaired) electrons. The standard InChI is InChI=1S/C26H48O3/c1-18(2)23(17-26(29)22-12-8-19(3)9-13-22)7-5-6-20(4)25(28)16-21-10-14-24(27)15-11-21/h12,18-21,23-29H,5-11,13-17H2,1-4H3/t19?,20?,21?,23-,24?,25?,26?/m0/s1. The van der Waals surface area contributed by atoms with Gasteiger partial charge < -0.3 is 15.3 Å². The summed E-state index contributed by atoms with van der Waals surface area (Å²) in [6.45, 7) is 9.05. The van der Waals surface area contributed by atoms with Crippen molar-refractivity contribution >= 4 is 0 Å². The summed E-state index contributed by atoms with van der Waals surface area (Å²) in [5.74, 6) is 2.82. The summed E-state index contributed by atoms with van der Waals surface area (Å²) in [6.07, 6.45) is 14.1. The molecule has 3 nitrogen and oxygen atoms in total. The predicted molar refractivity (Wildman–Crippen MR) is 122 cm³/mol. The Balaban J connectivity index is 1.71. The lowest BCUT2D eigenvalue weighted by Crippen LogP contribution is -2.26. The predicted octanol–water partition coefficient (Wildman–Crippen LogP) is 5.86. The minimum Gasteiger partial charge on any atom is -0.393 e. The van der Waals surface area contributed by atoms with Crippen molar-refractivity contribution in [2.75, 3.05) is 0 Å². The van der Waals surface area contributed by atoms with E-state index in [1.807, 2.05) is 0 Å². The summed E-state index contributed by atoms with van der Waals surface area (Å²) in [4.78, 5) is 0. The van der Waals surface area contributed by atoms with Crippen molar-refractivity contribution in [1.29, 1.82) is 0 Å². The van der Waals surface area contributed by atoms with Crippen LogP contribution in [0.3, 0.4) is 0 Å². The average Bonchev–Trinajstić information content (AvgIpc) is 2.69. The van der Waals surface area contributed by atoms with Crippen LogP contribution < -0.4 is 0 Å². The fourth-order valence-corrected chi connectivity index (χ4v) is 5.30. The topological polar surface area (TPSA) is 60.7 Å². The third kappa shape index (κ3) is 8.71. The molecule has 0 aliphatic heterocycles. The molecule has 1 fully saturated rings. The highest BCUT2D eigenvalue weighted by Crippen LogP contribution is 2.33. The molecule has 0 heterocycles. The lowest BCUT2D eigenvalue weighted by molar-refractivity contribution is 0.0537. The summed E-state index contributed by atoms with van der Waals surface area (Å²) in [7, 11) is 0. The molecule has 5 atom stereocenters. The first-order chi connectivity index (χ1) is 13.8. The minimum absolute atomic E-state index is 0.114. The highest BCUT2D eigenvalue weighted by Gasteiger charge is 2.26. The van der Waals surface area contributed by atoms with Crippen LogP contribution in [0, 0.1) is 29.6 Å². The van der Waals surface area contributed by atoms with E-state index in [9.17, 15) is 15.3 Å². The van der Waals surface area contributed by atoms with Crippen molar-refractivity contribution < 1.29 is 15.3 Å². The summed E-state index contributed by atoms with van der Waals surface area (Å²) in [5, 5.41) is 31.0. The Labute approximate surface area is 180 Å². The number of hydrogen-bond acceptors (Lipinski definition) is 3. The van der Waals surface area contributed by atoms with Crippen LogP contribution in [-0.4, -0.2) is 33.6 Å². The SMILES string of the molecule is CC1CC=C(C(O)C[C@H](CCCC(C)C(O)CC2CCC(O)CC2)C(C)C)CC1. The number of aliphatic hydroxyl groups is 3. The molecule has 2 aliphatic rings. The maximum Gasteiger partial charge on any atom is 0.0752 e. The average molecular weight is 409 g/mol. The molecule has 4 unspecified atom stereocenters. The second-order valence-corrected chi connectivity index (χ2v) is 10.8. The smallest absolute Gasteiger partial charge is 0.0752 e. The van der Waals surface area contributed by atoms with E-state index in [2.05, 4.69) is 33.8 Å². The van der Waals surface area contributed by atoms with E-state index in [1.165, 1.54) is 12.0 Å². The quantitative estimate of drug-likeness (QED) is 0.375. The van der Waals surface area contributed by atoms with Gasteiger partial charge in [-0.25, -0.2) is 0 Å². The van der Waals surface area contributed by atoms with Gasteiger partial charge in [-0.05, 0) is 99.4 Å². The third-order valence-corrected chi connectivity index (χ3v) is 7.89. The number of rotatable bonds is 11. The minimum atomic E-state index is -0.264. The molecule has 0 spiro atoms. The van der Waals surface area contributed by atoms with Gasteiger partial charge in [0.05, 0.1) is 18.3 Å². The Kier molecular flexibility index (Phi) is 10.7. The van der Waals surface area contributed by atoms with Gasteiger partial charge in [-0.3, -0.25) is 0 Å². The van der Waals surface area contributed by atoms with Gasteiger partial charge in [-0.1, -0.05) is 46.6 Å². The molecular formula is C26H48O3. The molecule has 3 heteroatoms. The van der Waals surface area contributed by atoms with E-state index >= 15 is 0 Å². The molecule has 0 aromatic heterocycles. The maximum absolute atomic E-state index is 10.8. The van der Waals surface area contributed by atoms with Crippen molar-refractivity contribution in [3.05, 3.63) is 11.6 Å². The van der Waals surface area contributed by atoms with Crippen LogP contribution in [0.25, 0.3) is 0 Å². The Bertz CT molecular complexity index is 478. The Morgan fingerprint density at radius 3 is 2.28 bits per heavy atom. The molecule has 0 bridgehead atoms. The molecule has 29 heavy (non-hydrogen) atoms. The van der Waals surface area contributed by atoms with Crippen LogP contribution in [0.5, 0.6) is 0 Å². The molecule has 2 aliphatic carbocycles. The van der Waals surface area contributed by atoms with E-state index in [1.54, 1.807) is 0 Å². The zero-order chi connectivity index (χ0) is 21.4.